The lowest BCUT2D eigenvalue weighted by Gasteiger charge is -2.10. The molecular formula is C26H19N5OS. The number of carbonyl (C=O) groups is 1. The van der Waals surface area contributed by atoms with E-state index >= 15 is 0 Å². The van der Waals surface area contributed by atoms with Gasteiger partial charge in [-0.25, -0.2) is 4.98 Å². The van der Waals surface area contributed by atoms with Crippen molar-refractivity contribution < 1.29 is 4.79 Å². The van der Waals surface area contributed by atoms with Crippen LogP contribution in [-0.2, 0) is 6.54 Å². The number of hydrogen-bond donors (Lipinski definition) is 1. The van der Waals surface area contributed by atoms with Crippen molar-refractivity contribution in [1.29, 1.82) is 5.26 Å². The van der Waals surface area contributed by atoms with Gasteiger partial charge in [0.2, 0.25) is 0 Å². The van der Waals surface area contributed by atoms with Crippen molar-refractivity contribution in [2.45, 2.75) is 13.5 Å². The van der Waals surface area contributed by atoms with Crippen molar-refractivity contribution >= 4 is 33.8 Å². The molecule has 0 aliphatic carbocycles. The summed E-state index contributed by atoms with van der Waals surface area (Å²) < 4.78 is 1.83. The minimum atomic E-state index is -0.201. The standard InChI is InChI=1S/C26H19N5OS/c1-17-24(15-28-31(17)16-19-10-8-18(14-27)9-11-19)30-26(32)21-13-23(25-7-4-12-33-25)29-22-6-3-2-5-20(21)22/h2-13,15H,16H2,1H3,(H,30,32). The van der Waals surface area contributed by atoms with Crippen LogP contribution in [0, 0.1) is 18.3 Å². The molecule has 3 aromatic heterocycles. The number of nitriles is 1. The molecule has 5 aromatic rings. The second-order valence-corrected chi connectivity index (χ2v) is 8.56. The largest absolute Gasteiger partial charge is 0.319 e. The molecule has 6 nitrogen and oxygen atoms in total. The average molecular weight is 450 g/mol. The van der Waals surface area contributed by atoms with Crippen LogP contribution in [0.25, 0.3) is 21.5 Å². The fourth-order valence-electron chi connectivity index (χ4n) is 3.69. The molecule has 1 N–H and O–H groups in total. The molecule has 0 atom stereocenters. The van der Waals surface area contributed by atoms with Gasteiger partial charge in [0.15, 0.2) is 0 Å². The summed E-state index contributed by atoms with van der Waals surface area (Å²) in [6, 6.07) is 23.0. The number of carbonyl (C=O) groups excluding carboxylic acids is 1. The number of pyridine rings is 1. The maximum atomic E-state index is 13.3. The summed E-state index contributed by atoms with van der Waals surface area (Å²) in [7, 11) is 0. The van der Waals surface area contributed by atoms with E-state index < -0.39 is 0 Å². The number of thiophene rings is 1. The summed E-state index contributed by atoms with van der Waals surface area (Å²) in [5, 5.41) is 19.2. The van der Waals surface area contributed by atoms with Crippen LogP contribution in [0.5, 0.6) is 0 Å². The Hall–Kier alpha value is -4.28. The zero-order chi connectivity index (χ0) is 22.8. The number of aromatic nitrogens is 3. The molecule has 0 saturated carbocycles. The van der Waals surface area contributed by atoms with Crippen molar-refractivity contribution in [1.82, 2.24) is 14.8 Å². The van der Waals surface area contributed by atoms with E-state index in [1.807, 2.05) is 71.6 Å². The Bertz CT molecular complexity index is 1490. The van der Waals surface area contributed by atoms with Crippen molar-refractivity contribution in [2.24, 2.45) is 0 Å². The Morgan fingerprint density at radius 2 is 1.94 bits per heavy atom. The lowest BCUT2D eigenvalue weighted by Crippen LogP contribution is -2.14. The van der Waals surface area contributed by atoms with E-state index in [4.69, 9.17) is 10.2 Å². The molecule has 0 radical (unpaired) electrons. The highest BCUT2D eigenvalue weighted by Crippen LogP contribution is 2.28. The monoisotopic (exact) mass is 449 g/mol. The zero-order valence-corrected chi connectivity index (χ0v) is 18.6. The molecule has 1 amide bonds. The smallest absolute Gasteiger partial charge is 0.256 e. The van der Waals surface area contributed by atoms with E-state index in [1.54, 1.807) is 29.7 Å². The first-order valence-corrected chi connectivity index (χ1v) is 11.3. The Labute approximate surface area is 194 Å². The molecule has 3 heterocycles. The molecular weight excluding hydrogens is 430 g/mol. The minimum Gasteiger partial charge on any atom is -0.319 e. The first-order valence-electron chi connectivity index (χ1n) is 10.4. The van der Waals surface area contributed by atoms with E-state index in [1.165, 1.54) is 0 Å². The van der Waals surface area contributed by atoms with Gasteiger partial charge >= 0.3 is 0 Å². The summed E-state index contributed by atoms with van der Waals surface area (Å²) in [5.74, 6) is -0.201. The Kier molecular flexibility index (Phi) is 5.43. The number of hydrogen-bond acceptors (Lipinski definition) is 5. The van der Waals surface area contributed by atoms with Gasteiger partial charge in [-0.2, -0.15) is 10.4 Å². The molecule has 0 unspecified atom stereocenters. The van der Waals surface area contributed by atoms with Gasteiger partial charge < -0.3 is 5.32 Å². The van der Waals surface area contributed by atoms with Gasteiger partial charge in [-0.05, 0) is 48.2 Å². The number of amides is 1. The van der Waals surface area contributed by atoms with Gasteiger partial charge in [0, 0.05) is 5.39 Å². The van der Waals surface area contributed by atoms with Crippen molar-refractivity contribution in [2.75, 3.05) is 5.32 Å². The first-order chi connectivity index (χ1) is 16.1. The third-order valence-corrected chi connectivity index (χ3v) is 6.39. The molecule has 0 aliphatic rings. The van der Waals surface area contributed by atoms with Crippen LogP contribution in [0.1, 0.15) is 27.2 Å². The maximum Gasteiger partial charge on any atom is 0.256 e. The van der Waals surface area contributed by atoms with Crippen LogP contribution in [0.15, 0.2) is 78.3 Å². The van der Waals surface area contributed by atoms with Gasteiger partial charge in [-0.15, -0.1) is 11.3 Å². The second kappa shape index (κ2) is 8.69. The minimum absolute atomic E-state index is 0.201. The lowest BCUT2D eigenvalue weighted by atomic mass is 10.1. The summed E-state index contributed by atoms with van der Waals surface area (Å²) in [6.07, 6.45) is 1.67. The third-order valence-electron chi connectivity index (χ3n) is 5.50. The SMILES string of the molecule is Cc1c(NC(=O)c2cc(-c3cccs3)nc3ccccc23)cnn1Cc1ccc(C#N)cc1. The van der Waals surface area contributed by atoms with Crippen molar-refractivity contribution in [3.8, 4) is 16.6 Å². The summed E-state index contributed by atoms with van der Waals surface area (Å²) >= 11 is 1.59. The number of nitrogens with zero attached hydrogens (tertiary/aromatic N) is 4. The zero-order valence-electron chi connectivity index (χ0n) is 17.8. The van der Waals surface area contributed by atoms with E-state index in [0.29, 0.717) is 23.4 Å². The van der Waals surface area contributed by atoms with Crippen LogP contribution < -0.4 is 5.32 Å². The highest BCUT2D eigenvalue weighted by Gasteiger charge is 2.17. The summed E-state index contributed by atoms with van der Waals surface area (Å²) in [6.45, 7) is 2.47. The van der Waals surface area contributed by atoms with Crippen LogP contribution in [-0.4, -0.2) is 20.7 Å². The van der Waals surface area contributed by atoms with Crippen LogP contribution in [0.3, 0.4) is 0 Å². The van der Waals surface area contributed by atoms with E-state index in [0.717, 1.165) is 32.7 Å². The Balaban J connectivity index is 1.44. The molecule has 0 saturated heterocycles. The molecule has 5 rings (SSSR count). The Morgan fingerprint density at radius 1 is 1.12 bits per heavy atom. The van der Waals surface area contributed by atoms with Gasteiger partial charge in [0.05, 0.1) is 57.4 Å². The van der Waals surface area contributed by atoms with Gasteiger partial charge in [0.25, 0.3) is 5.91 Å². The molecule has 0 spiro atoms. The topological polar surface area (TPSA) is 83.6 Å². The predicted molar refractivity (Wildman–Crippen MR) is 130 cm³/mol. The normalized spacial score (nSPS) is 10.8. The van der Waals surface area contributed by atoms with Crippen molar-refractivity contribution in [3.05, 3.63) is 101 Å². The quantitative estimate of drug-likeness (QED) is 0.376. The summed E-state index contributed by atoms with van der Waals surface area (Å²) in [5.41, 5.74) is 5.29. The van der Waals surface area contributed by atoms with Gasteiger partial charge in [-0.1, -0.05) is 36.4 Å². The molecule has 0 fully saturated rings. The molecule has 33 heavy (non-hydrogen) atoms. The third kappa shape index (κ3) is 4.12. The summed E-state index contributed by atoms with van der Waals surface area (Å²) in [4.78, 5) is 19.1. The van der Waals surface area contributed by atoms with Gasteiger partial charge in [-0.3, -0.25) is 9.48 Å². The highest BCUT2D eigenvalue weighted by atomic mass is 32.1. The lowest BCUT2D eigenvalue weighted by molar-refractivity contribution is 0.102. The fraction of sp³-hybridized carbons (Fsp3) is 0.0769. The molecule has 7 heteroatoms. The van der Waals surface area contributed by atoms with E-state index in [2.05, 4.69) is 16.5 Å². The fourth-order valence-corrected chi connectivity index (χ4v) is 4.38. The van der Waals surface area contributed by atoms with Crippen molar-refractivity contribution in [3.63, 3.8) is 0 Å². The highest BCUT2D eigenvalue weighted by molar-refractivity contribution is 7.13. The Morgan fingerprint density at radius 3 is 2.70 bits per heavy atom. The maximum absolute atomic E-state index is 13.3. The van der Waals surface area contributed by atoms with Crippen LogP contribution in [0.4, 0.5) is 5.69 Å². The number of fused-ring (bicyclic) bond motifs is 1. The number of anilines is 1. The number of rotatable bonds is 5. The molecule has 0 bridgehead atoms. The number of benzene rings is 2. The first kappa shape index (κ1) is 20.6. The predicted octanol–water partition coefficient (Wildman–Crippen LogP) is 5.64. The van der Waals surface area contributed by atoms with Gasteiger partial charge in [0.1, 0.15) is 0 Å². The van der Waals surface area contributed by atoms with Crippen LogP contribution >= 0.6 is 11.3 Å². The number of para-hydroxylation sites is 1. The molecule has 2 aromatic carbocycles. The molecule has 160 valence electrons. The van der Waals surface area contributed by atoms with Crippen LogP contribution in [0.2, 0.25) is 0 Å². The number of nitrogens with one attached hydrogen (secondary N) is 1. The van der Waals surface area contributed by atoms with E-state index in [9.17, 15) is 4.79 Å². The van der Waals surface area contributed by atoms with E-state index in [-0.39, 0.29) is 5.91 Å². The second-order valence-electron chi connectivity index (χ2n) is 7.61. The average Bonchev–Trinajstić information content (AvgIpc) is 3.50. The molecule has 0 aliphatic heterocycles.